The fraction of sp³-hybridized carbons (Fsp3) is 0.167. The lowest BCUT2D eigenvalue weighted by Gasteiger charge is -2.05. The fourth-order valence-electron chi connectivity index (χ4n) is 0.832. The molecule has 1 heterocycles. The normalized spacial score (nSPS) is 10.4. The van der Waals surface area contributed by atoms with Crippen LogP contribution < -0.4 is 5.46 Å². The Morgan fingerprint density at radius 3 is 2.50 bits per heavy atom. The molecule has 0 spiro atoms. The summed E-state index contributed by atoms with van der Waals surface area (Å²) in [6.45, 7) is 0. The number of rotatable bonds is 2. The minimum atomic E-state index is -2.72. The molecule has 1 rings (SSSR count). The van der Waals surface area contributed by atoms with Gasteiger partial charge in [-0.25, -0.2) is 8.78 Å². The smallest absolute Gasteiger partial charge is 0.423 e. The fourth-order valence-corrected chi connectivity index (χ4v) is 0.832. The highest BCUT2D eigenvalue weighted by Crippen LogP contribution is 2.15. The van der Waals surface area contributed by atoms with Gasteiger partial charge in [0.2, 0.25) is 0 Å². The summed E-state index contributed by atoms with van der Waals surface area (Å²) in [5.41, 5.74) is -0.660. The lowest BCUT2D eigenvalue weighted by molar-refractivity contribution is 0.152. The standard InChI is InChI=1S/C6H6BF2NO2/c8-6(9)4-1-2-10-3-5(4)7(11)12/h1-3,6,11-12H. The first-order chi connectivity index (χ1) is 5.63. The Kier molecular flexibility index (Phi) is 2.72. The van der Waals surface area contributed by atoms with Crippen molar-refractivity contribution in [2.45, 2.75) is 6.43 Å². The molecule has 0 unspecified atom stereocenters. The van der Waals surface area contributed by atoms with Crippen molar-refractivity contribution in [3.05, 3.63) is 24.0 Å². The second-order valence-electron chi connectivity index (χ2n) is 2.18. The number of hydrogen-bond donors (Lipinski definition) is 2. The Bertz CT molecular complexity index is 242. The Labute approximate surface area is 67.8 Å². The Hall–Kier alpha value is -1.01. The molecule has 0 atom stereocenters. The summed E-state index contributed by atoms with van der Waals surface area (Å²) in [6.07, 6.45) is -0.538. The Morgan fingerprint density at radius 2 is 2.08 bits per heavy atom. The van der Waals surface area contributed by atoms with Crippen molar-refractivity contribution >= 4 is 12.6 Å². The molecule has 0 amide bonds. The average Bonchev–Trinajstić information content (AvgIpc) is 2.04. The van der Waals surface area contributed by atoms with Crippen LogP contribution in [0.1, 0.15) is 12.0 Å². The number of aromatic nitrogens is 1. The number of nitrogens with zero attached hydrogens (tertiary/aromatic N) is 1. The van der Waals surface area contributed by atoms with Gasteiger partial charge in [0.1, 0.15) is 0 Å². The molecular weight excluding hydrogens is 167 g/mol. The van der Waals surface area contributed by atoms with E-state index in [1.165, 1.54) is 6.20 Å². The number of hydrogen-bond acceptors (Lipinski definition) is 3. The zero-order valence-corrected chi connectivity index (χ0v) is 5.98. The van der Waals surface area contributed by atoms with Gasteiger partial charge in [-0.05, 0) is 6.07 Å². The molecule has 0 fully saturated rings. The topological polar surface area (TPSA) is 53.4 Å². The first kappa shape index (κ1) is 9.09. The SMILES string of the molecule is OB(O)c1cnccc1C(F)F. The van der Waals surface area contributed by atoms with Crippen LogP contribution in [-0.4, -0.2) is 22.2 Å². The zero-order chi connectivity index (χ0) is 9.14. The van der Waals surface area contributed by atoms with E-state index in [1.54, 1.807) is 0 Å². The van der Waals surface area contributed by atoms with E-state index in [-0.39, 0.29) is 5.46 Å². The molecule has 2 N–H and O–H groups in total. The summed E-state index contributed by atoms with van der Waals surface area (Å²) in [7, 11) is -1.90. The first-order valence-corrected chi connectivity index (χ1v) is 3.21. The van der Waals surface area contributed by atoms with Gasteiger partial charge < -0.3 is 10.0 Å². The minimum absolute atomic E-state index is 0.257. The van der Waals surface area contributed by atoms with Crippen molar-refractivity contribution < 1.29 is 18.8 Å². The lowest BCUT2D eigenvalue weighted by Crippen LogP contribution is -2.33. The van der Waals surface area contributed by atoms with E-state index < -0.39 is 19.1 Å². The number of pyridine rings is 1. The summed E-state index contributed by atoms with van der Waals surface area (Å²) < 4.78 is 24.3. The monoisotopic (exact) mass is 173 g/mol. The molecule has 64 valence electrons. The van der Waals surface area contributed by atoms with Gasteiger partial charge in [0, 0.05) is 23.4 Å². The molecule has 0 saturated heterocycles. The van der Waals surface area contributed by atoms with Crippen LogP contribution in [0, 0.1) is 0 Å². The third kappa shape index (κ3) is 1.78. The van der Waals surface area contributed by atoms with Crippen LogP contribution in [-0.2, 0) is 0 Å². The van der Waals surface area contributed by atoms with Crippen molar-refractivity contribution in [1.82, 2.24) is 4.98 Å². The van der Waals surface area contributed by atoms with E-state index in [9.17, 15) is 8.78 Å². The van der Waals surface area contributed by atoms with Crippen molar-refractivity contribution in [2.75, 3.05) is 0 Å². The first-order valence-electron chi connectivity index (χ1n) is 3.21. The highest BCUT2D eigenvalue weighted by Gasteiger charge is 2.20. The van der Waals surface area contributed by atoms with Gasteiger partial charge in [-0.3, -0.25) is 4.98 Å². The minimum Gasteiger partial charge on any atom is -0.423 e. The maximum absolute atomic E-state index is 12.1. The average molecular weight is 173 g/mol. The number of halogens is 2. The summed E-state index contributed by atoms with van der Waals surface area (Å²) in [4.78, 5) is 3.50. The quantitative estimate of drug-likeness (QED) is 0.603. The van der Waals surface area contributed by atoms with Gasteiger partial charge in [0.25, 0.3) is 6.43 Å². The molecule has 0 aliphatic heterocycles. The van der Waals surface area contributed by atoms with Crippen molar-refractivity contribution in [3.63, 3.8) is 0 Å². The van der Waals surface area contributed by atoms with Gasteiger partial charge >= 0.3 is 7.12 Å². The summed E-state index contributed by atoms with van der Waals surface area (Å²) in [5.74, 6) is 0. The van der Waals surface area contributed by atoms with Crippen LogP contribution in [0.25, 0.3) is 0 Å². The van der Waals surface area contributed by atoms with E-state index >= 15 is 0 Å². The van der Waals surface area contributed by atoms with Crippen LogP contribution in [0.2, 0.25) is 0 Å². The Balaban J connectivity index is 3.09. The van der Waals surface area contributed by atoms with Crippen molar-refractivity contribution in [1.29, 1.82) is 0 Å². The maximum Gasteiger partial charge on any atom is 0.490 e. The van der Waals surface area contributed by atoms with Gasteiger partial charge in [-0.15, -0.1) is 0 Å². The molecule has 12 heavy (non-hydrogen) atoms. The van der Waals surface area contributed by atoms with Gasteiger partial charge in [-0.2, -0.15) is 0 Å². The maximum atomic E-state index is 12.1. The van der Waals surface area contributed by atoms with Crippen LogP contribution in [0.3, 0.4) is 0 Å². The van der Waals surface area contributed by atoms with Crippen molar-refractivity contribution in [2.24, 2.45) is 0 Å². The summed E-state index contributed by atoms with van der Waals surface area (Å²) in [5, 5.41) is 17.3. The van der Waals surface area contributed by atoms with Crippen LogP contribution in [0.5, 0.6) is 0 Å². The molecule has 0 aliphatic rings. The molecule has 0 saturated carbocycles. The van der Waals surface area contributed by atoms with E-state index in [0.29, 0.717) is 0 Å². The molecule has 0 aromatic carbocycles. The Morgan fingerprint density at radius 1 is 1.42 bits per heavy atom. The van der Waals surface area contributed by atoms with E-state index in [4.69, 9.17) is 10.0 Å². The van der Waals surface area contributed by atoms with Gasteiger partial charge in [0.15, 0.2) is 0 Å². The summed E-state index contributed by atoms with van der Waals surface area (Å²) in [6, 6.07) is 1.06. The zero-order valence-electron chi connectivity index (χ0n) is 5.98. The van der Waals surface area contributed by atoms with Crippen molar-refractivity contribution in [3.8, 4) is 0 Å². The molecule has 1 aromatic heterocycles. The second kappa shape index (κ2) is 3.60. The van der Waals surface area contributed by atoms with E-state index in [2.05, 4.69) is 4.98 Å². The predicted molar refractivity (Wildman–Crippen MR) is 39.0 cm³/mol. The predicted octanol–water partition coefficient (Wildman–Crippen LogP) is -0.301. The van der Waals surface area contributed by atoms with E-state index in [0.717, 1.165) is 12.3 Å². The molecule has 0 bridgehead atoms. The largest absolute Gasteiger partial charge is 0.490 e. The molecule has 6 heteroatoms. The molecule has 1 aromatic rings. The van der Waals surface area contributed by atoms with E-state index in [1.807, 2.05) is 0 Å². The van der Waals surface area contributed by atoms with Crippen LogP contribution >= 0.6 is 0 Å². The van der Waals surface area contributed by atoms with Crippen LogP contribution in [0.4, 0.5) is 8.78 Å². The highest BCUT2D eigenvalue weighted by molar-refractivity contribution is 6.59. The van der Waals surface area contributed by atoms with Gasteiger partial charge in [0.05, 0.1) is 0 Å². The molecule has 0 aliphatic carbocycles. The second-order valence-corrected chi connectivity index (χ2v) is 2.18. The molecular formula is C6H6BF2NO2. The highest BCUT2D eigenvalue weighted by atomic mass is 19.3. The molecule has 3 nitrogen and oxygen atoms in total. The van der Waals surface area contributed by atoms with Crippen LogP contribution in [0.15, 0.2) is 18.5 Å². The summed E-state index contributed by atoms with van der Waals surface area (Å²) >= 11 is 0. The third-order valence-electron chi connectivity index (χ3n) is 1.40. The number of alkyl halides is 2. The molecule has 0 radical (unpaired) electrons. The third-order valence-corrected chi connectivity index (χ3v) is 1.40. The lowest BCUT2D eigenvalue weighted by atomic mass is 9.78. The van der Waals surface area contributed by atoms with Gasteiger partial charge in [-0.1, -0.05) is 0 Å².